The maximum absolute atomic E-state index is 12.8. The highest BCUT2D eigenvalue weighted by Crippen LogP contribution is 2.24. The summed E-state index contributed by atoms with van der Waals surface area (Å²) in [7, 11) is -3.86. The summed E-state index contributed by atoms with van der Waals surface area (Å²) in [6.07, 6.45) is 0. The lowest BCUT2D eigenvalue weighted by Gasteiger charge is -2.13. The van der Waals surface area contributed by atoms with Crippen LogP contribution < -0.4 is 15.8 Å². The van der Waals surface area contributed by atoms with Crippen LogP contribution in [0.5, 0.6) is 0 Å². The number of sulfonamides is 1. The lowest BCUT2D eigenvalue weighted by molar-refractivity contribution is 0.600. The van der Waals surface area contributed by atoms with E-state index in [0.29, 0.717) is 16.8 Å². The first kappa shape index (κ1) is 17.0. The summed E-state index contributed by atoms with van der Waals surface area (Å²) in [5, 5.41) is 0. The Bertz CT molecular complexity index is 1210. The van der Waals surface area contributed by atoms with E-state index in [0.717, 1.165) is 11.1 Å². The Hall–Kier alpha value is -2.87. The Morgan fingerprint density at radius 3 is 2.08 bits per heavy atom. The Morgan fingerprint density at radius 1 is 0.840 bits per heavy atom. The molecule has 3 aromatic rings. The molecule has 7 nitrogen and oxygen atoms in total. The third-order valence-corrected chi connectivity index (χ3v) is 5.45. The number of hydrogen-bond donors (Lipinski definition) is 3. The minimum atomic E-state index is -3.86. The van der Waals surface area contributed by atoms with Gasteiger partial charge in [0.15, 0.2) is 0 Å². The summed E-state index contributed by atoms with van der Waals surface area (Å²) in [5.74, 6) is 0. The largest absolute Gasteiger partial charge is 0.316 e. The van der Waals surface area contributed by atoms with Gasteiger partial charge in [-0.2, -0.15) is 0 Å². The van der Waals surface area contributed by atoms with Crippen LogP contribution in [0.15, 0.2) is 44.8 Å². The van der Waals surface area contributed by atoms with E-state index in [1.54, 1.807) is 13.0 Å². The van der Waals surface area contributed by atoms with Crippen molar-refractivity contribution in [3.63, 3.8) is 0 Å². The molecule has 0 aliphatic rings. The number of anilines is 1. The molecule has 0 saturated carbocycles. The van der Waals surface area contributed by atoms with Crippen LogP contribution in [0.25, 0.3) is 11.0 Å². The normalized spacial score (nSPS) is 11.6. The van der Waals surface area contributed by atoms with Crippen LogP contribution in [-0.4, -0.2) is 18.4 Å². The van der Waals surface area contributed by atoms with Gasteiger partial charge in [-0.1, -0.05) is 12.1 Å². The predicted molar refractivity (Wildman–Crippen MR) is 96.7 cm³/mol. The van der Waals surface area contributed by atoms with E-state index in [-0.39, 0.29) is 10.4 Å². The van der Waals surface area contributed by atoms with Crippen LogP contribution in [0.3, 0.4) is 0 Å². The number of hydrogen-bond acceptors (Lipinski definition) is 4. The molecule has 2 aromatic carbocycles. The summed E-state index contributed by atoms with van der Waals surface area (Å²) in [6.45, 7) is 5.31. The van der Waals surface area contributed by atoms with Crippen molar-refractivity contribution in [2.75, 3.05) is 4.72 Å². The first-order valence-corrected chi connectivity index (χ1v) is 9.03. The monoisotopic (exact) mass is 359 g/mol. The van der Waals surface area contributed by atoms with Crippen molar-refractivity contribution in [1.82, 2.24) is 9.97 Å². The van der Waals surface area contributed by atoms with Crippen LogP contribution in [0.1, 0.15) is 16.7 Å². The van der Waals surface area contributed by atoms with Gasteiger partial charge in [0.1, 0.15) is 0 Å². The maximum Gasteiger partial charge on any atom is 0.314 e. The third kappa shape index (κ3) is 3.20. The molecule has 0 aliphatic heterocycles. The van der Waals surface area contributed by atoms with Crippen molar-refractivity contribution in [1.29, 1.82) is 0 Å². The molecule has 0 bridgehead atoms. The number of nitrogens with one attached hydrogen (secondary N) is 3. The molecular formula is C17H17N3O4S. The molecule has 0 unspecified atom stereocenters. The lowest BCUT2D eigenvalue weighted by atomic mass is 10.1. The fourth-order valence-corrected chi connectivity index (χ4v) is 3.96. The van der Waals surface area contributed by atoms with Crippen LogP contribution in [0, 0.1) is 20.8 Å². The molecule has 0 aliphatic carbocycles. The quantitative estimate of drug-likeness (QED) is 0.620. The fourth-order valence-electron chi connectivity index (χ4n) is 2.59. The second-order valence-electron chi connectivity index (χ2n) is 6.00. The van der Waals surface area contributed by atoms with E-state index < -0.39 is 21.1 Å². The molecule has 0 radical (unpaired) electrons. The molecule has 0 amide bonds. The zero-order valence-corrected chi connectivity index (χ0v) is 14.7. The van der Waals surface area contributed by atoms with Crippen molar-refractivity contribution < 1.29 is 8.42 Å². The van der Waals surface area contributed by atoms with Gasteiger partial charge in [0.2, 0.25) is 0 Å². The van der Waals surface area contributed by atoms with Crippen LogP contribution >= 0.6 is 0 Å². The van der Waals surface area contributed by atoms with Gasteiger partial charge in [-0.15, -0.1) is 0 Å². The van der Waals surface area contributed by atoms with E-state index in [1.165, 1.54) is 12.1 Å². The van der Waals surface area contributed by atoms with E-state index >= 15 is 0 Å². The van der Waals surface area contributed by atoms with Crippen LogP contribution in [0.4, 0.5) is 5.69 Å². The highest BCUT2D eigenvalue weighted by molar-refractivity contribution is 7.92. The molecule has 130 valence electrons. The minimum absolute atomic E-state index is 0.0311. The van der Waals surface area contributed by atoms with Crippen molar-refractivity contribution in [2.45, 2.75) is 25.7 Å². The number of aromatic amines is 2. The van der Waals surface area contributed by atoms with Gasteiger partial charge in [-0.3, -0.25) is 14.3 Å². The van der Waals surface area contributed by atoms with Crippen molar-refractivity contribution >= 4 is 26.7 Å². The van der Waals surface area contributed by atoms with Gasteiger partial charge in [0, 0.05) is 0 Å². The Morgan fingerprint density at radius 2 is 1.44 bits per heavy atom. The molecule has 0 saturated heterocycles. The van der Waals surface area contributed by atoms with Gasteiger partial charge in [0.05, 0.1) is 21.6 Å². The highest BCUT2D eigenvalue weighted by Gasteiger charge is 2.19. The molecule has 8 heteroatoms. The summed E-state index contributed by atoms with van der Waals surface area (Å²) in [6, 6.07) is 8.35. The predicted octanol–water partition coefficient (Wildman–Crippen LogP) is 1.94. The van der Waals surface area contributed by atoms with Crippen LogP contribution in [-0.2, 0) is 10.0 Å². The van der Waals surface area contributed by atoms with Crippen molar-refractivity contribution in [3.8, 4) is 0 Å². The summed E-state index contributed by atoms with van der Waals surface area (Å²) >= 11 is 0. The average Bonchev–Trinajstić information content (AvgIpc) is 2.51. The van der Waals surface area contributed by atoms with Gasteiger partial charge < -0.3 is 9.97 Å². The van der Waals surface area contributed by atoms with Gasteiger partial charge in [-0.05, 0) is 55.7 Å². The number of rotatable bonds is 3. The SMILES string of the molecule is Cc1ccc(C)c(NS(=O)(=O)c2cc3[nH]c(=O)c(=O)[nH]c3cc2C)c1. The zero-order chi connectivity index (χ0) is 18.4. The van der Waals surface area contributed by atoms with E-state index in [9.17, 15) is 18.0 Å². The average molecular weight is 359 g/mol. The molecule has 3 N–H and O–H groups in total. The van der Waals surface area contributed by atoms with Gasteiger partial charge >= 0.3 is 11.1 Å². The Kier molecular flexibility index (Phi) is 4.00. The molecule has 0 spiro atoms. The van der Waals surface area contributed by atoms with E-state index in [1.807, 2.05) is 26.0 Å². The molecule has 0 atom stereocenters. The standard InChI is InChI=1S/C17H17N3O4S/c1-9-4-5-10(2)12(6-9)20-25(23,24)15-8-14-13(7-11(15)3)18-16(21)17(22)19-14/h4-8,20H,1-3H3,(H,18,21)(H,19,22). The van der Waals surface area contributed by atoms with Crippen LogP contribution in [0.2, 0.25) is 0 Å². The minimum Gasteiger partial charge on any atom is -0.316 e. The molecular weight excluding hydrogens is 342 g/mol. The molecule has 1 heterocycles. The number of benzene rings is 2. The molecule has 0 fully saturated rings. The van der Waals surface area contributed by atoms with Gasteiger partial charge in [-0.25, -0.2) is 8.42 Å². The number of aryl methyl sites for hydroxylation is 3. The van der Waals surface area contributed by atoms with Crippen molar-refractivity contribution in [3.05, 3.63) is 67.7 Å². The lowest BCUT2D eigenvalue weighted by Crippen LogP contribution is -2.29. The number of fused-ring (bicyclic) bond motifs is 1. The highest BCUT2D eigenvalue weighted by atomic mass is 32.2. The Balaban J connectivity index is 2.15. The van der Waals surface area contributed by atoms with E-state index in [2.05, 4.69) is 14.7 Å². The summed E-state index contributed by atoms with van der Waals surface area (Å²) < 4.78 is 28.2. The Labute approximate surface area is 143 Å². The molecule has 1 aromatic heterocycles. The number of aromatic nitrogens is 2. The number of H-pyrrole nitrogens is 2. The first-order chi connectivity index (χ1) is 11.7. The first-order valence-electron chi connectivity index (χ1n) is 7.54. The smallest absolute Gasteiger partial charge is 0.314 e. The van der Waals surface area contributed by atoms with Crippen molar-refractivity contribution in [2.24, 2.45) is 0 Å². The molecule has 25 heavy (non-hydrogen) atoms. The third-order valence-electron chi connectivity index (χ3n) is 3.94. The second-order valence-corrected chi connectivity index (χ2v) is 7.65. The topological polar surface area (TPSA) is 112 Å². The van der Waals surface area contributed by atoms with Gasteiger partial charge in [0.25, 0.3) is 10.0 Å². The second kappa shape index (κ2) is 5.89. The van der Waals surface area contributed by atoms with E-state index in [4.69, 9.17) is 0 Å². The summed E-state index contributed by atoms with van der Waals surface area (Å²) in [5.41, 5.74) is 1.68. The fraction of sp³-hybridized carbons (Fsp3) is 0.176. The molecule has 3 rings (SSSR count). The zero-order valence-electron chi connectivity index (χ0n) is 13.9. The summed E-state index contributed by atoms with van der Waals surface area (Å²) in [4.78, 5) is 27.7. The maximum atomic E-state index is 12.8.